The van der Waals surface area contributed by atoms with Crippen molar-refractivity contribution in [2.45, 2.75) is 0 Å². The molecule has 2 aliphatic rings. The number of allylic oxidation sites excluding steroid dienone is 2. The molecule has 2 amide bonds. The molecule has 4 aromatic carbocycles. The summed E-state index contributed by atoms with van der Waals surface area (Å²) in [5.41, 5.74) is -5.99. The molecule has 0 atom stereocenters. The lowest BCUT2D eigenvalue weighted by molar-refractivity contribution is 0.0673. The van der Waals surface area contributed by atoms with Crippen molar-refractivity contribution >= 4 is 96.1 Å². The average Bonchev–Trinajstić information content (AvgIpc) is 3.16. The molecule has 0 saturated heterocycles. The monoisotopic (exact) mass is 908 g/mol. The first-order valence-electron chi connectivity index (χ1n) is 16.2. The molecule has 0 unspecified atom stereocenters. The third-order valence-electron chi connectivity index (χ3n) is 8.45. The normalized spacial score (nSPS) is 15.0. The SMILES string of the molecule is O=C(Nc1ccc2c(c1)C=C(S(=O)(=O)O)C(=NNc1cc(F)c(F)c(C(=O)O)c1F)C2=O)Nc1ccc2c(c1)C=C(S(=O)(=O)O)C(=NNc1cc(F)c(F)c(C(=O)O)c1F)C2=O. The molecule has 320 valence electrons. The molecule has 8 N–H and O–H groups in total. The number of ketones is 2. The molecule has 0 aliphatic heterocycles. The van der Waals surface area contributed by atoms with Gasteiger partial charge in [-0.25, -0.2) is 40.7 Å². The molecule has 4 aromatic rings. The molecule has 62 heavy (non-hydrogen) atoms. The lowest BCUT2D eigenvalue weighted by Crippen LogP contribution is -2.28. The number of hydrazone groups is 2. The lowest BCUT2D eigenvalue weighted by atomic mass is 9.94. The van der Waals surface area contributed by atoms with Crippen molar-refractivity contribution < 1.29 is 86.5 Å². The number of nitrogens with zero attached hydrogens (tertiary/aromatic N) is 2. The van der Waals surface area contributed by atoms with E-state index in [1.165, 1.54) is 0 Å². The van der Waals surface area contributed by atoms with Crippen LogP contribution >= 0.6 is 0 Å². The zero-order valence-electron chi connectivity index (χ0n) is 29.7. The minimum absolute atomic E-state index is 0.123. The van der Waals surface area contributed by atoms with Gasteiger partial charge < -0.3 is 20.8 Å². The number of carboxylic acid groups (broad SMARTS) is 2. The number of anilines is 4. The van der Waals surface area contributed by atoms with E-state index in [9.17, 15) is 76.3 Å². The second-order valence-electron chi connectivity index (χ2n) is 12.4. The van der Waals surface area contributed by atoms with Crippen molar-refractivity contribution in [2.24, 2.45) is 10.2 Å². The van der Waals surface area contributed by atoms with Gasteiger partial charge in [-0.05, 0) is 59.7 Å². The Bertz CT molecular complexity index is 2910. The summed E-state index contributed by atoms with van der Waals surface area (Å²) in [4.78, 5) is 59.6. The topological polar surface area (TPSA) is 307 Å². The number of hydrogen-bond acceptors (Lipinski definition) is 13. The third kappa shape index (κ3) is 8.34. The molecule has 19 nitrogen and oxygen atoms in total. The minimum Gasteiger partial charge on any atom is -0.477 e. The molecule has 0 saturated carbocycles. The molecule has 0 aromatic heterocycles. The first-order valence-corrected chi connectivity index (χ1v) is 19.1. The number of Topliss-reactive ketones (excluding diaryl/α,β-unsaturated/α-hetero) is 2. The number of carboxylic acids is 2. The summed E-state index contributed by atoms with van der Waals surface area (Å²) in [6.45, 7) is 0. The van der Waals surface area contributed by atoms with E-state index in [0.717, 1.165) is 36.4 Å². The molecular weight excluding hydrogens is 891 g/mol. The van der Waals surface area contributed by atoms with Crippen molar-refractivity contribution in [1.82, 2.24) is 0 Å². The van der Waals surface area contributed by atoms with Crippen LogP contribution < -0.4 is 21.5 Å². The quantitative estimate of drug-likeness (QED) is 0.0431. The third-order valence-corrected chi connectivity index (χ3v) is 10.2. The van der Waals surface area contributed by atoms with Crippen LogP contribution in [0, 0.1) is 34.9 Å². The Balaban J connectivity index is 1.24. The zero-order valence-corrected chi connectivity index (χ0v) is 31.3. The minimum atomic E-state index is -5.34. The van der Waals surface area contributed by atoms with Crippen molar-refractivity contribution in [1.29, 1.82) is 0 Å². The molecular formula is C35H18F6N6O13S2. The fourth-order valence-corrected chi connectivity index (χ4v) is 7.03. The maximum absolute atomic E-state index is 14.6. The van der Waals surface area contributed by atoms with Gasteiger partial charge in [0.25, 0.3) is 20.2 Å². The number of carbonyl (C=O) groups excluding carboxylic acids is 3. The van der Waals surface area contributed by atoms with Crippen LogP contribution in [0.15, 0.2) is 68.5 Å². The highest BCUT2D eigenvalue weighted by molar-refractivity contribution is 7.91. The fraction of sp³-hybridized carbons (Fsp3) is 0. The number of rotatable bonds is 10. The van der Waals surface area contributed by atoms with Crippen LogP contribution in [0.5, 0.6) is 0 Å². The van der Waals surface area contributed by atoms with Crippen molar-refractivity contribution in [3.05, 3.63) is 127 Å². The molecule has 6 rings (SSSR count). The van der Waals surface area contributed by atoms with Crippen LogP contribution in [0.25, 0.3) is 12.2 Å². The van der Waals surface area contributed by atoms with Crippen molar-refractivity contribution in [3.8, 4) is 0 Å². The maximum Gasteiger partial charge on any atom is 0.341 e. The maximum atomic E-state index is 14.6. The van der Waals surface area contributed by atoms with Crippen LogP contribution in [0.4, 0.5) is 53.9 Å². The van der Waals surface area contributed by atoms with E-state index in [4.69, 9.17) is 10.2 Å². The predicted molar refractivity (Wildman–Crippen MR) is 202 cm³/mol. The number of urea groups is 1. The Kier molecular flexibility index (Phi) is 11.3. The smallest absolute Gasteiger partial charge is 0.341 e. The van der Waals surface area contributed by atoms with Gasteiger partial charge in [-0.2, -0.15) is 27.0 Å². The van der Waals surface area contributed by atoms with Crippen LogP contribution in [0.1, 0.15) is 52.6 Å². The van der Waals surface area contributed by atoms with Gasteiger partial charge in [0, 0.05) is 34.6 Å². The Morgan fingerprint density at radius 1 is 0.548 bits per heavy atom. The van der Waals surface area contributed by atoms with Gasteiger partial charge in [0.1, 0.15) is 20.9 Å². The molecule has 0 bridgehead atoms. The summed E-state index contributed by atoms with van der Waals surface area (Å²) in [5.74, 6) is -18.6. The van der Waals surface area contributed by atoms with Crippen LogP contribution in [-0.2, 0) is 20.2 Å². The summed E-state index contributed by atoms with van der Waals surface area (Å²) in [5, 5.41) is 29.5. The second kappa shape index (κ2) is 16.0. The molecule has 0 spiro atoms. The molecule has 27 heteroatoms. The van der Waals surface area contributed by atoms with Gasteiger partial charge in [0.05, 0.1) is 11.4 Å². The highest BCUT2D eigenvalue weighted by Crippen LogP contribution is 2.32. The summed E-state index contributed by atoms with van der Waals surface area (Å²) in [6, 6.07) is 5.54. The van der Waals surface area contributed by atoms with Crippen molar-refractivity contribution in [2.75, 3.05) is 21.5 Å². The number of halogens is 6. The van der Waals surface area contributed by atoms with Gasteiger partial charge >= 0.3 is 18.0 Å². The molecule has 0 fully saturated rings. The van der Waals surface area contributed by atoms with Crippen molar-refractivity contribution in [3.63, 3.8) is 0 Å². The fourth-order valence-electron chi connectivity index (χ4n) is 5.71. The van der Waals surface area contributed by atoms with E-state index >= 15 is 0 Å². The number of aromatic carboxylic acids is 2. The highest BCUT2D eigenvalue weighted by atomic mass is 32.2. The van der Waals surface area contributed by atoms with Gasteiger partial charge in [-0.3, -0.25) is 29.5 Å². The average molecular weight is 909 g/mol. The van der Waals surface area contributed by atoms with Crippen LogP contribution in [-0.4, -0.2) is 77.1 Å². The van der Waals surface area contributed by atoms with Crippen LogP contribution in [0.3, 0.4) is 0 Å². The first-order chi connectivity index (χ1) is 28.9. The Labute approximate surface area is 340 Å². The standard InChI is InChI=1S/C35H18F6N6O13S2/c36-17-9-19(27(40)23(25(17)38)33(50)51)44-46-29-21(61(55,56)57)7-11-5-13(1-3-15(11)31(29)48)42-35(54)43-14-2-4-16-12(6-14)8-22(62(58,59)60)30(32(16)49)47-45-20-10-18(37)26(39)24(28(20)41)34(52)53/h1-10,44-45H,(H,50,51)(H,52,53)(H2,42,43,54)(H,55,56,57)(H,58,59,60). The predicted octanol–water partition coefficient (Wildman–Crippen LogP) is 5.35. The number of nitrogens with one attached hydrogen (secondary N) is 4. The van der Waals surface area contributed by atoms with Gasteiger partial charge in [-0.1, -0.05) is 0 Å². The van der Waals surface area contributed by atoms with Gasteiger partial charge in [0.15, 0.2) is 46.3 Å². The molecule has 2 aliphatic carbocycles. The zero-order chi connectivity index (χ0) is 45.7. The second-order valence-corrected chi connectivity index (χ2v) is 15.2. The number of benzene rings is 4. The Hall–Kier alpha value is -7.75. The Morgan fingerprint density at radius 3 is 1.23 bits per heavy atom. The lowest BCUT2D eigenvalue weighted by Gasteiger charge is -2.18. The van der Waals surface area contributed by atoms with E-state index < -0.39 is 128 Å². The largest absolute Gasteiger partial charge is 0.477 e. The number of carbonyl (C=O) groups is 5. The number of fused-ring (bicyclic) bond motifs is 2. The summed E-state index contributed by atoms with van der Waals surface area (Å²) >= 11 is 0. The molecule has 0 radical (unpaired) electrons. The van der Waals surface area contributed by atoms with Gasteiger partial charge in [0.2, 0.25) is 11.6 Å². The Morgan fingerprint density at radius 2 is 0.903 bits per heavy atom. The first kappa shape index (κ1) is 43.8. The van der Waals surface area contributed by atoms with Gasteiger partial charge in [-0.15, -0.1) is 0 Å². The van der Waals surface area contributed by atoms with E-state index in [-0.39, 0.29) is 45.8 Å². The number of amides is 2. The summed E-state index contributed by atoms with van der Waals surface area (Å²) in [7, 11) is -10.7. The van der Waals surface area contributed by atoms with E-state index in [1.807, 2.05) is 0 Å². The van der Waals surface area contributed by atoms with E-state index in [1.54, 1.807) is 10.9 Å². The number of hydrogen-bond donors (Lipinski definition) is 8. The van der Waals surface area contributed by atoms with E-state index in [2.05, 4.69) is 20.8 Å². The highest BCUT2D eigenvalue weighted by Gasteiger charge is 2.35. The summed E-state index contributed by atoms with van der Waals surface area (Å²) < 4.78 is 154. The molecule has 0 heterocycles. The van der Waals surface area contributed by atoms with Crippen LogP contribution in [0.2, 0.25) is 0 Å². The summed E-state index contributed by atoms with van der Waals surface area (Å²) in [6.07, 6.45) is 1.38. The van der Waals surface area contributed by atoms with E-state index in [0.29, 0.717) is 12.2 Å².